The Morgan fingerprint density at radius 2 is 1.20 bits per heavy atom. The number of carbonyl (C=O) groups is 4. The van der Waals surface area contributed by atoms with E-state index >= 15 is 0 Å². The predicted octanol–water partition coefficient (Wildman–Crippen LogP) is 7.70. The van der Waals surface area contributed by atoms with Gasteiger partial charge in [-0.15, -0.1) is 0 Å². The number of esters is 1. The second-order valence-electron chi connectivity index (χ2n) is 12.3. The van der Waals surface area contributed by atoms with Crippen LogP contribution in [0.25, 0.3) is 0 Å². The summed E-state index contributed by atoms with van der Waals surface area (Å²) in [4.78, 5) is 47.0. The second kappa shape index (κ2) is 32.3. The third-order valence-electron chi connectivity index (χ3n) is 7.95. The highest BCUT2D eigenvalue weighted by Gasteiger charge is 2.19. The molecular weight excluding hydrogens is 584 g/mol. The van der Waals surface area contributed by atoms with Crippen molar-refractivity contribution >= 4 is 23.8 Å². The minimum absolute atomic E-state index is 0.0840. The summed E-state index contributed by atoms with van der Waals surface area (Å²) in [6, 6.07) is -1.39. The number of carboxylic acids is 1. The Bertz CT molecular complexity index is 844. The molecule has 0 aliphatic rings. The van der Waals surface area contributed by atoms with Gasteiger partial charge in [-0.25, -0.2) is 4.79 Å². The maximum absolute atomic E-state index is 12.5. The number of carbonyl (C=O) groups excluding carboxylic acids is 3. The van der Waals surface area contributed by atoms with Crippen LogP contribution in [-0.4, -0.2) is 59.3 Å². The van der Waals surface area contributed by atoms with Crippen LogP contribution in [-0.2, 0) is 23.9 Å². The van der Waals surface area contributed by atoms with Crippen molar-refractivity contribution in [1.82, 2.24) is 10.6 Å². The lowest BCUT2D eigenvalue weighted by Gasteiger charge is -2.18. The van der Waals surface area contributed by atoms with Crippen molar-refractivity contribution in [2.24, 2.45) is 0 Å². The van der Waals surface area contributed by atoms with Crippen LogP contribution in [0, 0.1) is 0 Å². The molecule has 0 heterocycles. The summed E-state index contributed by atoms with van der Waals surface area (Å²) < 4.78 is 5.80. The minimum atomic E-state index is -1.39. The Balaban J connectivity index is 3.88. The third kappa shape index (κ3) is 28.8. The van der Waals surface area contributed by atoms with E-state index in [1.165, 1.54) is 57.8 Å². The molecule has 9 heteroatoms. The molecule has 9 nitrogen and oxygen atoms in total. The summed E-state index contributed by atoms with van der Waals surface area (Å²) >= 11 is 0. The Kier molecular flexibility index (Phi) is 30.4. The molecule has 0 aromatic heterocycles. The maximum atomic E-state index is 12.5. The van der Waals surface area contributed by atoms with Crippen molar-refractivity contribution in [3.63, 3.8) is 0 Å². The molecule has 0 aliphatic carbocycles. The normalized spacial score (nSPS) is 12.8. The van der Waals surface area contributed by atoms with Gasteiger partial charge in [-0.05, 0) is 64.2 Å². The van der Waals surface area contributed by atoms with Crippen molar-refractivity contribution in [3.05, 3.63) is 24.3 Å². The number of nitrogens with one attached hydrogen (secondary N) is 2. The van der Waals surface area contributed by atoms with E-state index in [-0.39, 0.29) is 30.9 Å². The van der Waals surface area contributed by atoms with Crippen molar-refractivity contribution < 1.29 is 34.1 Å². The van der Waals surface area contributed by atoms with Crippen LogP contribution in [0.1, 0.15) is 162 Å². The monoisotopic (exact) mass is 650 g/mol. The van der Waals surface area contributed by atoms with Crippen molar-refractivity contribution in [3.8, 4) is 0 Å². The zero-order chi connectivity index (χ0) is 34.1. The van der Waals surface area contributed by atoms with Gasteiger partial charge in [-0.3, -0.25) is 14.4 Å². The molecular formula is C37H66N2O7. The van der Waals surface area contributed by atoms with E-state index in [1.54, 1.807) is 0 Å². The summed E-state index contributed by atoms with van der Waals surface area (Å²) in [5, 5.41) is 22.4. The molecule has 2 amide bonds. The lowest BCUT2D eigenvalue weighted by Crippen LogP contribution is -2.47. The zero-order valence-electron chi connectivity index (χ0n) is 29.1. The number of aliphatic hydroxyl groups is 1. The second-order valence-corrected chi connectivity index (χ2v) is 12.3. The highest BCUT2D eigenvalue weighted by molar-refractivity contribution is 5.87. The predicted molar refractivity (Wildman–Crippen MR) is 185 cm³/mol. The highest BCUT2D eigenvalue weighted by Crippen LogP contribution is 2.16. The fourth-order valence-electron chi connectivity index (χ4n) is 5.08. The number of aliphatic hydroxyl groups excluding tert-OH is 1. The van der Waals surface area contributed by atoms with Gasteiger partial charge in [0.2, 0.25) is 11.8 Å². The number of allylic oxidation sites excluding steroid dienone is 4. The Labute approximate surface area is 279 Å². The van der Waals surface area contributed by atoms with E-state index < -0.39 is 24.5 Å². The molecule has 0 radical (unpaired) electrons. The van der Waals surface area contributed by atoms with E-state index in [4.69, 9.17) is 14.9 Å². The molecule has 4 N–H and O–H groups in total. The van der Waals surface area contributed by atoms with Gasteiger partial charge in [-0.1, -0.05) is 109 Å². The van der Waals surface area contributed by atoms with Gasteiger partial charge in [-0.2, -0.15) is 0 Å². The van der Waals surface area contributed by atoms with Gasteiger partial charge in [0.05, 0.1) is 13.2 Å². The van der Waals surface area contributed by atoms with E-state index in [0.29, 0.717) is 12.8 Å². The molecule has 0 aromatic carbocycles. The molecule has 0 rings (SSSR count). The topological polar surface area (TPSA) is 142 Å². The van der Waals surface area contributed by atoms with Crippen LogP contribution in [0.4, 0.5) is 0 Å². The Hall–Kier alpha value is -2.68. The van der Waals surface area contributed by atoms with Gasteiger partial charge >= 0.3 is 11.9 Å². The number of unbranched alkanes of at least 4 members (excludes halogenated alkanes) is 14. The van der Waals surface area contributed by atoms with Crippen LogP contribution in [0.5, 0.6) is 0 Å². The van der Waals surface area contributed by atoms with Crippen LogP contribution in [0.2, 0.25) is 0 Å². The molecule has 0 saturated heterocycles. The first-order valence-electron chi connectivity index (χ1n) is 18.2. The largest absolute Gasteiger partial charge is 0.480 e. The average Bonchev–Trinajstić information content (AvgIpc) is 3.04. The number of rotatable bonds is 32. The van der Waals surface area contributed by atoms with Gasteiger partial charge in [0.15, 0.2) is 0 Å². The molecule has 2 unspecified atom stereocenters. The lowest BCUT2D eigenvalue weighted by molar-refractivity contribution is -0.150. The first-order valence-corrected chi connectivity index (χ1v) is 18.2. The van der Waals surface area contributed by atoms with Gasteiger partial charge < -0.3 is 25.6 Å². The number of hydrogen-bond acceptors (Lipinski definition) is 6. The summed E-state index contributed by atoms with van der Waals surface area (Å²) in [5.41, 5.74) is 0. The number of amides is 2. The van der Waals surface area contributed by atoms with E-state index in [9.17, 15) is 19.2 Å². The number of hydrogen-bond donors (Lipinski definition) is 4. The zero-order valence-corrected chi connectivity index (χ0v) is 29.1. The summed E-state index contributed by atoms with van der Waals surface area (Å²) in [5.74, 6) is -2.41. The van der Waals surface area contributed by atoms with Crippen LogP contribution in [0.3, 0.4) is 0 Å². The Morgan fingerprint density at radius 1 is 0.652 bits per heavy atom. The molecule has 46 heavy (non-hydrogen) atoms. The molecule has 266 valence electrons. The fraction of sp³-hybridized carbons (Fsp3) is 0.784. The van der Waals surface area contributed by atoms with Crippen molar-refractivity contribution in [1.29, 1.82) is 0 Å². The SMILES string of the molecule is CCCCCC/C=C\C/C=C\CCCCCCCCCC(=O)OC(CCCC)CCCCCC(=O)NCC(=O)NC(CO)C(=O)O. The third-order valence-corrected chi connectivity index (χ3v) is 7.95. The van der Waals surface area contributed by atoms with Gasteiger partial charge in [0, 0.05) is 12.8 Å². The van der Waals surface area contributed by atoms with E-state index in [1.807, 2.05) is 0 Å². The van der Waals surface area contributed by atoms with Crippen LogP contribution >= 0.6 is 0 Å². The van der Waals surface area contributed by atoms with Gasteiger partial charge in [0.1, 0.15) is 12.1 Å². The molecule has 2 atom stereocenters. The summed E-state index contributed by atoms with van der Waals surface area (Å²) in [7, 11) is 0. The van der Waals surface area contributed by atoms with E-state index in [2.05, 4.69) is 48.8 Å². The lowest BCUT2D eigenvalue weighted by atomic mass is 10.0. The van der Waals surface area contributed by atoms with Crippen LogP contribution in [0.15, 0.2) is 24.3 Å². The summed E-state index contributed by atoms with van der Waals surface area (Å²) in [6.45, 7) is 3.31. The van der Waals surface area contributed by atoms with Crippen molar-refractivity contribution in [2.75, 3.05) is 13.2 Å². The number of aliphatic carboxylic acids is 1. The first-order chi connectivity index (χ1) is 22.3. The molecule has 0 fully saturated rings. The van der Waals surface area contributed by atoms with Crippen molar-refractivity contribution in [2.45, 2.75) is 174 Å². The Morgan fingerprint density at radius 3 is 1.80 bits per heavy atom. The number of carboxylic acid groups (broad SMARTS) is 1. The smallest absolute Gasteiger partial charge is 0.328 e. The molecule has 0 spiro atoms. The molecule has 0 aromatic rings. The summed E-state index contributed by atoms with van der Waals surface area (Å²) in [6.07, 6.45) is 32.6. The van der Waals surface area contributed by atoms with Crippen LogP contribution < -0.4 is 10.6 Å². The molecule has 0 aliphatic heterocycles. The average molecular weight is 651 g/mol. The first kappa shape index (κ1) is 43.3. The van der Waals surface area contributed by atoms with E-state index in [0.717, 1.165) is 70.6 Å². The maximum Gasteiger partial charge on any atom is 0.328 e. The number of ether oxygens (including phenoxy) is 1. The fourth-order valence-corrected chi connectivity index (χ4v) is 5.08. The quantitative estimate of drug-likeness (QED) is 0.0332. The minimum Gasteiger partial charge on any atom is -0.480 e. The molecule has 0 bridgehead atoms. The standard InChI is InChI=1S/C37H66N2O7/c1-3-5-7-8-9-10-11-12-13-14-15-16-17-18-19-20-21-25-29-36(43)46-32(26-6-4-2)27-23-22-24-28-34(41)38-30-35(42)39-33(31-40)37(44)45/h10-11,13-14,32-33,40H,3-9,12,15-31H2,1-2H3,(H,38,41)(H,39,42)(H,44,45)/b11-10-,14-13-. The molecule has 0 saturated carbocycles. The van der Waals surface area contributed by atoms with Gasteiger partial charge in [0.25, 0.3) is 0 Å². The highest BCUT2D eigenvalue weighted by atomic mass is 16.5.